The molecule has 3 N–H and O–H groups in total. The molecule has 0 radical (unpaired) electrons. The van der Waals surface area contributed by atoms with Crippen molar-refractivity contribution >= 4 is 11.8 Å². The molecule has 1 aromatic carbocycles. The second-order valence-electron chi connectivity index (χ2n) is 4.42. The first-order valence-electron chi connectivity index (χ1n) is 5.85. The first kappa shape index (κ1) is 15.9. The van der Waals surface area contributed by atoms with Crippen molar-refractivity contribution < 1.29 is 23.5 Å². The van der Waals surface area contributed by atoms with Crippen molar-refractivity contribution in [1.29, 1.82) is 0 Å². The maximum atomic E-state index is 12.7. The fourth-order valence-corrected chi connectivity index (χ4v) is 1.48. The molecule has 0 bridgehead atoms. The average Bonchev–Trinajstić information content (AvgIpc) is 2.38. The van der Waals surface area contributed by atoms with E-state index in [1.54, 1.807) is 0 Å². The minimum atomic E-state index is -1.31. The van der Waals surface area contributed by atoms with E-state index in [9.17, 15) is 14.0 Å². The van der Waals surface area contributed by atoms with Gasteiger partial charge in [-0.1, -0.05) is 0 Å². The summed E-state index contributed by atoms with van der Waals surface area (Å²) >= 11 is 0. The molecule has 1 aromatic rings. The molecule has 0 aliphatic carbocycles. The molecular formula is C13H17FN2O4. The van der Waals surface area contributed by atoms with Crippen molar-refractivity contribution in [2.24, 2.45) is 5.73 Å². The number of carbonyl (C=O) groups is 2. The Hall–Kier alpha value is -2.15. The Bertz CT molecular complexity index is 478. The number of hydrogen-bond acceptors (Lipinski definition) is 4. The van der Waals surface area contributed by atoms with E-state index in [2.05, 4.69) is 5.32 Å². The number of hydrogen-bond donors (Lipinski definition) is 2. The first-order chi connectivity index (χ1) is 9.37. The molecule has 20 heavy (non-hydrogen) atoms. The van der Waals surface area contributed by atoms with Gasteiger partial charge in [-0.25, -0.2) is 4.39 Å². The summed E-state index contributed by atoms with van der Waals surface area (Å²) in [4.78, 5) is 23.0. The minimum Gasteiger partial charge on any atom is -0.484 e. The van der Waals surface area contributed by atoms with Gasteiger partial charge in [0, 0.05) is 7.11 Å². The molecule has 0 unspecified atom stereocenters. The van der Waals surface area contributed by atoms with Crippen molar-refractivity contribution in [3.05, 3.63) is 30.1 Å². The zero-order valence-corrected chi connectivity index (χ0v) is 11.3. The van der Waals surface area contributed by atoms with Crippen LogP contribution in [0.25, 0.3) is 0 Å². The largest absolute Gasteiger partial charge is 0.484 e. The maximum Gasteiger partial charge on any atom is 0.258 e. The van der Waals surface area contributed by atoms with E-state index < -0.39 is 23.2 Å². The standard InChI is InChI=1S/C13H17FN2O4/c1-13(8-19-2,12(15)18)16-11(17)7-20-10-5-3-9(14)4-6-10/h3-6H,7-8H2,1-2H3,(H2,15,18)(H,16,17)/t13-/m0/s1. The summed E-state index contributed by atoms with van der Waals surface area (Å²) in [6.45, 7) is 1.08. The second kappa shape index (κ2) is 6.85. The number of amides is 2. The van der Waals surface area contributed by atoms with Crippen LogP contribution in [-0.2, 0) is 14.3 Å². The number of ether oxygens (including phenoxy) is 2. The van der Waals surface area contributed by atoms with Crippen LogP contribution >= 0.6 is 0 Å². The van der Waals surface area contributed by atoms with Crippen molar-refractivity contribution in [3.8, 4) is 5.75 Å². The van der Waals surface area contributed by atoms with Crippen molar-refractivity contribution in [2.75, 3.05) is 20.3 Å². The van der Waals surface area contributed by atoms with Gasteiger partial charge in [0.2, 0.25) is 5.91 Å². The van der Waals surface area contributed by atoms with Crippen molar-refractivity contribution in [1.82, 2.24) is 5.32 Å². The zero-order chi connectivity index (χ0) is 15.2. The SMILES string of the molecule is COC[C@](C)(NC(=O)COc1ccc(F)cc1)C(N)=O. The first-order valence-corrected chi connectivity index (χ1v) is 5.85. The summed E-state index contributed by atoms with van der Waals surface area (Å²) in [7, 11) is 1.39. The van der Waals surface area contributed by atoms with E-state index in [0.717, 1.165) is 0 Å². The minimum absolute atomic E-state index is 0.0510. The molecule has 7 heteroatoms. The molecule has 6 nitrogen and oxygen atoms in total. The van der Waals surface area contributed by atoms with E-state index in [-0.39, 0.29) is 13.2 Å². The molecule has 0 aromatic heterocycles. The lowest BCUT2D eigenvalue weighted by Crippen LogP contribution is -2.59. The highest BCUT2D eigenvalue weighted by molar-refractivity contribution is 5.90. The summed E-state index contributed by atoms with van der Waals surface area (Å²) in [5.41, 5.74) is 3.91. The highest BCUT2D eigenvalue weighted by atomic mass is 19.1. The molecule has 0 spiro atoms. The van der Waals surface area contributed by atoms with Crippen LogP contribution in [0.15, 0.2) is 24.3 Å². The average molecular weight is 284 g/mol. The predicted octanol–water partition coefficient (Wildman–Crippen LogP) is 0.211. The Morgan fingerprint density at radius 1 is 1.35 bits per heavy atom. The number of methoxy groups -OCH3 is 1. The summed E-state index contributed by atoms with van der Waals surface area (Å²) in [6.07, 6.45) is 0. The van der Waals surface area contributed by atoms with Gasteiger partial charge in [-0.2, -0.15) is 0 Å². The van der Waals surface area contributed by atoms with Crippen LogP contribution in [0.5, 0.6) is 5.75 Å². The van der Waals surface area contributed by atoms with Crippen LogP contribution in [0.1, 0.15) is 6.92 Å². The van der Waals surface area contributed by atoms with Crippen LogP contribution in [0.4, 0.5) is 4.39 Å². The second-order valence-corrected chi connectivity index (χ2v) is 4.42. The maximum absolute atomic E-state index is 12.7. The van der Waals surface area contributed by atoms with Crippen LogP contribution in [0.3, 0.4) is 0 Å². The molecule has 1 atom stereocenters. The number of benzene rings is 1. The fourth-order valence-electron chi connectivity index (χ4n) is 1.48. The van der Waals surface area contributed by atoms with Crippen LogP contribution < -0.4 is 15.8 Å². The smallest absolute Gasteiger partial charge is 0.258 e. The Morgan fingerprint density at radius 2 is 1.95 bits per heavy atom. The van der Waals surface area contributed by atoms with Gasteiger partial charge in [-0.05, 0) is 31.2 Å². The fraction of sp³-hybridized carbons (Fsp3) is 0.385. The summed E-state index contributed by atoms with van der Waals surface area (Å²) in [6, 6.07) is 5.22. The third-order valence-electron chi connectivity index (χ3n) is 2.58. The lowest BCUT2D eigenvalue weighted by Gasteiger charge is -2.26. The molecular weight excluding hydrogens is 267 g/mol. The van der Waals surface area contributed by atoms with Gasteiger partial charge < -0.3 is 20.5 Å². The summed E-state index contributed by atoms with van der Waals surface area (Å²) < 4.78 is 22.7. The van der Waals surface area contributed by atoms with E-state index in [1.807, 2.05) is 0 Å². The molecule has 0 aliphatic heterocycles. The van der Waals surface area contributed by atoms with Crippen molar-refractivity contribution in [3.63, 3.8) is 0 Å². The van der Waals surface area contributed by atoms with E-state index in [4.69, 9.17) is 15.2 Å². The molecule has 0 aliphatic rings. The van der Waals surface area contributed by atoms with E-state index in [0.29, 0.717) is 5.75 Å². The molecule has 0 fully saturated rings. The Kier molecular flexibility index (Phi) is 5.45. The Morgan fingerprint density at radius 3 is 2.45 bits per heavy atom. The Labute approximate surface area is 116 Å². The molecule has 1 rings (SSSR count). The zero-order valence-electron chi connectivity index (χ0n) is 11.3. The van der Waals surface area contributed by atoms with Gasteiger partial charge >= 0.3 is 0 Å². The normalized spacial score (nSPS) is 13.3. The van der Waals surface area contributed by atoms with Gasteiger partial charge in [0.1, 0.15) is 17.1 Å². The van der Waals surface area contributed by atoms with Gasteiger partial charge in [-0.15, -0.1) is 0 Å². The topological polar surface area (TPSA) is 90.7 Å². The molecule has 0 heterocycles. The van der Waals surface area contributed by atoms with Gasteiger partial charge in [0.05, 0.1) is 6.61 Å². The van der Waals surface area contributed by atoms with Gasteiger partial charge in [0.25, 0.3) is 5.91 Å². The van der Waals surface area contributed by atoms with E-state index in [1.165, 1.54) is 38.3 Å². The molecule has 110 valence electrons. The number of primary amides is 1. The highest BCUT2D eigenvalue weighted by Gasteiger charge is 2.33. The molecule has 2 amide bonds. The molecule has 0 saturated heterocycles. The summed E-state index contributed by atoms with van der Waals surface area (Å²) in [5.74, 6) is -1.31. The van der Waals surface area contributed by atoms with Crippen LogP contribution in [0, 0.1) is 5.82 Å². The van der Waals surface area contributed by atoms with E-state index >= 15 is 0 Å². The van der Waals surface area contributed by atoms with Gasteiger partial charge in [0.15, 0.2) is 6.61 Å². The third-order valence-corrected chi connectivity index (χ3v) is 2.58. The lowest BCUT2D eigenvalue weighted by atomic mass is 10.0. The van der Waals surface area contributed by atoms with Crippen LogP contribution in [0.2, 0.25) is 0 Å². The highest BCUT2D eigenvalue weighted by Crippen LogP contribution is 2.11. The lowest BCUT2D eigenvalue weighted by molar-refractivity contribution is -0.134. The third kappa shape index (κ3) is 4.51. The Balaban J connectivity index is 2.54. The number of nitrogens with one attached hydrogen (secondary N) is 1. The number of carbonyl (C=O) groups excluding carboxylic acids is 2. The quantitative estimate of drug-likeness (QED) is 0.749. The van der Waals surface area contributed by atoms with Gasteiger partial charge in [-0.3, -0.25) is 9.59 Å². The van der Waals surface area contributed by atoms with Crippen LogP contribution in [-0.4, -0.2) is 37.7 Å². The summed E-state index contributed by atoms with van der Waals surface area (Å²) in [5, 5.41) is 2.44. The number of rotatable bonds is 7. The monoisotopic (exact) mass is 284 g/mol. The number of halogens is 1. The number of nitrogens with two attached hydrogens (primary N) is 1. The predicted molar refractivity (Wildman–Crippen MR) is 69.5 cm³/mol. The van der Waals surface area contributed by atoms with Crippen molar-refractivity contribution in [2.45, 2.75) is 12.5 Å². The molecule has 0 saturated carbocycles.